The molecule has 1 saturated heterocycles. The van der Waals surface area contributed by atoms with Gasteiger partial charge in [0.25, 0.3) is 0 Å². The van der Waals surface area contributed by atoms with E-state index in [2.05, 4.69) is 10.3 Å². The van der Waals surface area contributed by atoms with Crippen LogP contribution in [0.1, 0.15) is 44.9 Å². The van der Waals surface area contributed by atoms with Gasteiger partial charge in [0.2, 0.25) is 17.7 Å². The summed E-state index contributed by atoms with van der Waals surface area (Å²) >= 11 is 0. The molecule has 1 aromatic heterocycles. The van der Waals surface area contributed by atoms with Crippen LogP contribution in [-0.4, -0.2) is 33.6 Å². The van der Waals surface area contributed by atoms with Gasteiger partial charge >= 0.3 is 0 Å². The van der Waals surface area contributed by atoms with Gasteiger partial charge in [0, 0.05) is 30.0 Å². The number of nitrogens with one attached hydrogen (secondary N) is 1. The molecule has 0 aromatic carbocycles. The number of rotatable bonds is 3. The van der Waals surface area contributed by atoms with E-state index in [1.807, 2.05) is 0 Å². The molecular formula is C21H25N3O3. The Morgan fingerprint density at radius 1 is 0.926 bits per heavy atom. The zero-order valence-electron chi connectivity index (χ0n) is 15.3. The highest BCUT2D eigenvalue weighted by Gasteiger charge is 2.61. The molecule has 4 aliphatic rings. The Labute approximate surface area is 158 Å². The van der Waals surface area contributed by atoms with Crippen LogP contribution in [0.5, 0.6) is 0 Å². The van der Waals surface area contributed by atoms with Crippen molar-refractivity contribution in [2.75, 3.05) is 5.32 Å². The number of imide groups is 1. The second-order valence-corrected chi connectivity index (χ2v) is 8.66. The first-order valence-electron chi connectivity index (χ1n) is 10.2. The summed E-state index contributed by atoms with van der Waals surface area (Å²) in [5.74, 6) is 0.927. The van der Waals surface area contributed by atoms with E-state index in [4.69, 9.17) is 0 Å². The van der Waals surface area contributed by atoms with E-state index in [0.29, 0.717) is 11.8 Å². The van der Waals surface area contributed by atoms with Crippen molar-refractivity contribution in [2.24, 2.45) is 29.6 Å². The molecule has 0 spiro atoms. The molecule has 3 amide bonds. The highest BCUT2D eigenvalue weighted by Crippen LogP contribution is 2.56. The van der Waals surface area contributed by atoms with E-state index in [0.717, 1.165) is 50.6 Å². The fourth-order valence-electron chi connectivity index (χ4n) is 6.07. The maximum absolute atomic E-state index is 13.0. The Kier molecular flexibility index (Phi) is 4.02. The highest BCUT2D eigenvalue weighted by molar-refractivity contribution is 6.06. The fraction of sp³-hybridized carbons (Fsp3) is 0.619. The van der Waals surface area contributed by atoms with E-state index >= 15 is 0 Å². The van der Waals surface area contributed by atoms with E-state index < -0.39 is 0 Å². The quantitative estimate of drug-likeness (QED) is 0.833. The van der Waals surface area contributed by atoms with Gasteiger partial charge in [0.05, 0.1) is 11.8 Å². The molecule has 142 valence electrons. The summed E-state index contributed by atoms with van der Waals surface area (Å²) in [4.78, 5) is 44.0. The first-order valence-corrected chi connectivity index (χ1v) is 10.2. The molecule has 1 aliphatic heterocycles. The average molecular weight is 367 g/mol. The second-order valence-electron chi connectivity index (χ2n) is 8.66. The summed E-state index contributed by atoms with van der Waals surface area (Å²) in [5.41, 5.74) is 0.755. The molecule has 5 rings (SSSR count). The molecule has 3 aliphatic carbocycles. The second kappa shape index (κ2) is 6.43. The lowest BCUT2D eigenvalue weighted by Crippen LogP contribution is -2.44. The van der Waals surface area contributed by atoms with Crippen molar-refractivity contribution in [3.63, 3.8) is 0 Å². The number of hydrogen-bond donors (Lipinski definition) is 1. The number of anilines is 1. The van der Waals surface area contributed by atoms with Crippen molar-refractivity contribution in [3.05, 3.63) is 24.5 Å². The molecule has 6 heteroatoms. The van der Waals surface area contributed by atoms with Gasteiger partial charge in [-0.15, -0.1) is 0 Å². The van der Waals surface area contributed by atoms with Crippen LogP contribution in [0, 0.1) is 29.6 Å². The van der Waals surface area contributed by atoms with Crippen LogP contribution in [0.3, 0.4) is 0 Å². The first kappa shape index (κ1) is 16.9. The van der Waals surface area contributed by atoms with E-state index in [1.165, 1.54) is 0 Å². The van der Waals surface area contributed by atoms with Gasteiger partial charge in [-0.2, -0.15) is 0 Å². The van der Waals surface area contributed by atoms with Gasteiger partial charge < -0.3 is 5.32 Å². The largest absolute Gasteiger partial charge is 0.326 e. The molecule has 2 heterocycles. The van der Waals surface area contributed by atoms with Crippen molar-refractivity contribution in [3.8, 4) is 0 Å². The van der Waals surface area contributed by atoms with E-state index in [-0.39, 0.29) is 41.5 Å². The molecular weight excluding hydrogens is 342 g/mol. The third-order valence-corrected chi connectivity index (χ3v) is 7.34. The Morgan fingerprint density at radius 3 is 2.11 bits per heavy atom. The Balaban J connectivity index is 1.22. The number of fused-ring (bicyclic) bond motifs is 5. The summed E-state index contributed by atoms with van der Waals surface area (Å²) in [5, 5.41) is 2.94. The lowest BCUT2D eigenvalue weighted by molar-refractivity contribution is -0.144. The predicted molar refractivity (Wildman–Crippen MR) is 98.3 cm³/mol. The van der Waals surface area contributed by atoms with Crippen molar-refractivity contribution < 1.29 is 14.4 Å². The molecule has 27 heavy (non-hydrogen) atoms. The molecule has 0 radical (unpaired) electrons. The summed E-state index contributed by atoms with van der Waals surface area (Å²) in [6, 6.07) is 3.54. The third-order valence-electron chi connectivity index (χ3n) is 7.34. The summed E-state index contributed by atoms with van der Waals surface area (Å²) in [6.45, 7) is 0. The summed E-state index contributed by atoms with van der Waals surface area (Å²) in [7, 11) is 0. The average Bonchev–Trinajstić information content (AvgIpc) is 3.37. The van der Waals surface area contributed by atoms with Crippen LogP contribution in [0.2, 0.25) is 0 Å². The van der Waals surface area contributed by atoms with Crippen LogP contribution < -0.4 is 5.32 Å². The molecule has 2 bridgehead atoms. The Bertz CT molecular complexity index is 744. The number of aromatic nitrogens is 1. The first-order chi connectivity index (χ1) is 13.1. The zero-order valence-corrected chi connectivity index (χ0v) is 15.3. The lowest BCUT2D eigenvalue weighted by atomic mass is 9.81. The zero-order chi connectivity index (χ0) is 18.5. The minimum atomic E-state index is -0.0575. The van der Waals surface area contributed by atoms with Gasteiger partial charge in [-0.25, -0.2) is 0 Å². The van der Waals surface area contributed by atoms with Gasteiger partial charge in [-0.1, -0.05) is 0 Å². The van der Waals surface area contributed by atoms with Crippen LogP contribution in [0.15, 0.2) is 24.5 Å². The molecule has 4 fully saturated rings. The number of carbonyl (C=O) groups is 3. The van der Waals surface area contributed by atoms with Crippen LogP contribution >= 0.6 is 0 Å². The number of pyridine rings is 1. The molecule has 6 nitrogen and oxygen atoms in total. The monoisotopic (exact) mass is 367 g/mol. The number of likely N-dealkylation sites (tertiary alicyclic amines) is 1. The maximum atomic E-state index is 13.0. The molecule has 1 N–H and O–H groups in total. The Morgan fingerprint density at radius 2 is 1.52 bits per heavy atom. The van der Waals surface area contributed by atoms with Gasteiger partial charge in [0.1, 0.15) is 0 Å². The topological polar surface area (TPSA) is 79.4 Å². The van der Waals surface area contributed by atoms with Crippen molar-refractivity contribution in [1.29, 1.82) is 0 Å². The van der Waals surface area contributed by atoms with Crippen molar-refractivity contribution >= 4 is 23.4 Å². The smallest absolute Gasteiger partial charge is 0.233 e. The van der Waals surface area contributed by atoms with Crippen molar-refractivity contribution in [1.82, 2.24) is 9.88 Å². The van der Waals surface area contributed by atoms with E-state index in [1.54, 1.807) is 29.4 Å². The third kappa shape index (κ3) is 2.68. The minimum absolute atomic E-state index is 0.0139. The van der Waals surface area contributed by atoms with Gasteiger partial charge in [-0.3, -0.25) is 24.3 Å². The maximum Gasteiger partial charge on any atom is 0.233 e. The van der Waals surface area contributed by atoms with Crippen LogP contribution in [0.25, 0.3) is 0 Å². The van der Waals surface area contributed by atoms with Crippen LogP contribution in [0.4, 0.5) is 5.69 Å². The highest BCUT2D eigenvalue weighted by atomic mass is 16.2. The standard InChI is InChI=1S/C21H25N3O3/c25-19(23-15-7-9-22-10-8-15)12-3-5-16(6-4-12)24-20(26)17-13-1-2-14(11-13)18(17)21(24)27/h7-10,12-14,16-18H,1-6,11H2,(H,22,23,25)/t12?,13-,14+,16?,17-,18+. The normalized spacial score (nSPS) is 37.6. The summed E-state index contributed by atoms with van der Waals surface area (Å²) < 4.78 is 0. The van der Waals surface area contributed by atoms with E-state index in [9.17, 15) is 14.4 Å². The van der Waals surface area contributed by atoms with Gasteiger partial charge in [-0.05, 0) is 68.9 Å². The molecule has 4 atom stereocenters. The molecule has 1 aromatic rings. The SMILES string of the molecule is O=C(Nc1ccncc1)C1CCC(N2C(=O)[C@@H]3[C@@H]4CC[C@@H](C4)[C@@H]3C2=O)CC1. The number of amides is 3. The Hall–Kier alpha value is -2.24. The van der Waals surface area contributed by atoms with Crippen LogP contribution in [-0.2, 0) is 14.4 Å². The minimum Gasteiger partial charge on any atom is -0.326 e. The fourth-order valence-corrected chi connectivity index (χ4v) is 6.07. The van der Waals surface area contributed by atoms with Gasteiger partial charge in [0.15, 0.2) is 0 Å². The number of hydrogen-bond acceptors (Lipinski definition) is 4. The lowest BCUT2D eigenvalue weighted by Gasteiger charge is -2.33. The number of carbonyl (C=O) groups excluding carboxylic acids is 3. The summed E-state index contributed by atoms with van der Waals surface area (Å²) in [6.07, 6.45) is 9.52. The van der Waals surface area contributed by atoms with Crippen molar-refractivity contribution in [2.45, 2.75) is 51.0 Å². The predicted octanol–water partition coefficient (Wildman–Crippen LogP) is 2.61. The molecule has 0 unspecified atom stereocenters. The molecule has 3 saturated carbocycles. The number of nitrogens with zero attached hydrogens (tertiary/aromatic N) is 2.